The van der Waals surface area contributed by atoms with Gasteiger partial charge in [-0.05, 0) is 34.1 Å². The summed E-state index contributed by atoms with van der Waals surface area (Å²) in [5.74, 6) is -0.780. The largest absolute Gasteiger partial charge is 0.458 e. The van der Waals surface area contributed by atoms with Crippen molar-refractivity contribution in [3.05, 3.63) is 0 Å². The van der Waals surface area contributed by atoms with Crippen LogP contribution in [0.15, 0.2) is 0 Å². The van der Waals surface area contributed by atoms with Crippen LogP contribution >= 0.6 is 0 Å². The van der Waals surface area contributed by atoms with E-state index in [1.807, 2.05) is 0 Å². The number of carbonyl (C=O) groups excluding carboxylic acids is 1. The van der Waals surface area contributed by atoms with Gasteiger partial charge < -0.3 is 4.74 Å². The normalized spacial score (nSPS) is 16.8. The molecular formula is C9H17FO2. The molecule has 0 spiro atoms. The molecule has 0 rings (SSSR count). The lowest BCUT2D eigenvalue weighted by molar-refractivity contribution is -0.168. The first kappa shape index (κ1) is 11.4. The number of alkyl halides is 1. The van der Waals surface area contributed by atoms with Gasteiger partial charge in [-0.15, -0.1) is 0 Å². The first-order chi connectivity index (χ1) is 5.19. The molecule has 3 heteroatoms. The second kappa shape index (κ2) is 3.42. The summed E-state index contributed by atoms with van der Waals surface area (Å²) in [5.41, 5.74) is -2.47. The zero-order valence-corrected chi connectivity index (χ0v) is 8.40. The Hall–Kier alpha value is -0.600. The van der Waals surface area contributed by atoms with Crippen molar-refractivity contribution in [2.24, 2.45) is 0 Å². The van der Waals surface area contributed by atoms with Gasteiger partial charge in [-0.1, -0.05) is 6.92 Å². The Balaban J connectivity index is 4.23. The molecule has 0 radical (unpaired) electrons. The Morgan fingerprint density at radius 3 is 2.00 bits per heavy atom. The maximum Gasteiger partial charge on any atom is 0.344 e. The van der Waals surface area contributed by atoms with Crippen LogP contribution in [-0.2, 0) is 9.53 Å². The van der Waals surface area contributed by atoms with Gasteiger partial charge >= 0.3 is 5.97 Å². The lowest BCUT2D eigenvalue weighted by Gasteiger charge is -2.24. The summed E-state index contributed by atoms with van der Waals surface area (Å²) in [5, 5.41) is 0. The van der Waals surface area contributed by atoms with Crippen molar-refractivity contribution >= 4 is 5.97 Å². The molecule has 2 nitrogen and oxygen atoms in total. The van der Waals surface area contributed by atoms with E-state index < -0.39 is 17.2 Å². The van der Waals surface area contributed by atoms with Gasteiger partial charge in [0.05, 0.1) is 0 Å². The van der Waals surface area contributed by atoms with Crippen LogP contribution in [0.2, 0.25) is 0 Å². The molecule has 0 amide bonds. The fourth-order valence-corrected chi connectivity index (χ4v) is 0.529. The predicted octanol–water partition coefficient (Wildman–Crippen LogP) is 2.47. The van der Waals surface area contributed by atoms with Crippen LogP contribution < -0.4 is 0 Å². The molecule has 0 bridgehead atoms. The molecule has 1 unspecified atom stereocenters. The van der Waals surface area contributed by atoms with Gasteiger partial charge in [-0.25, -0.2) is 9.18 Å². The lowest BCUT2D eigenvalue weighted by atomic mass is 10.1. The first-order valence-corrected chi connectivity index (χ1v) is 4.11. The second-order valence-electron chi connectivity index (χ2n) is 4.05. The molecule has 0 saturated heterocycles. The fourth-order valence-electron chi connectivity index (χ4n) is 0.529. The van der Waals surface area contributed by atoms with E-state index in [-0.39, 0.29) is 6.42 Å². The summed E-state index contributed by atoms with van der Waals surface area (Å²) in [7, 11) is 0. The molecule has 1 atom stereocenters. The topological polar surface area (TPSA) is 26.3 Å². The number of hydrogen-bond donors (Lipinski definition) is 0. The molecule has 0 saturated carbocycles. The Morgan fingerprint density at radius 1 is 1.33 bits per heavy atom. The van der Waals surface area contributed by atoms with Crippen LogP contribution in [0.3, 0.4) is 0 Å². The second-order valence-corrected chi connectivity index (χ2v) is 4.05. The van der Waals surface area contributed by atoms with Crippen molar-refractivity contribution < 1.29 is 13.9 Å². The van der Waals surface area contributed by atoms with Gasteiger partial charge in [-0.2, -0.15) is 0 Å². The molecule has 0 aromatic rings. The highest BCUT2D eigenvalue weighted by molar-refractivity contribution is 5.79. The van der Waals surface area contributed by atoms with E-state index in [1.54, 1.807) is 27.7 Å². The Bertz CT molecular complexity index is 168. The molecule has 0 aromatic carbocycles. The minimum atomic E-state index is -1.85. The third-order valence-electron chi connectivity index (χ3n) is 1.49. The van der Waals surface area contributed by atoms with Gasteiger partial charge in [0.1, 0.15) is 5.60 Å². The van der Waals surface area contributed by atoms with E-state index in [4.69, 9.17) is 4.74 Å². The Morgan fingerprint density at radius 2 is 1.75 bits per heavy atom. The van der Waals surface area contributed by atoms with Crippen molar-refractivity contribution in [1.82, 2.24) is 0 Å². The quantitative estimate of drug-likeness (QED) is 0.604. The maximum atomic E-state index is 13.3. The van der Waals surface area contributed by atoms with Crippen molar-refractivity contribution in [2.45, 2.75) is 52.3 Å². The lowest BCUT2D eigenvalue weighted by Crippen LogP contribution is -2.37. The minimum Gasteiger partial charge on any atom is -0.458 e. The zero-order chi connectivity index (χ0) is 9.99. The molecular weight excluding hydrogens is 159 g/mol. The van der Waals surface area contributed by atoms with Crippen LogP contribution in [0.4, 0.5) is 4.39 Å². The molecule has 0 aromatic heterocycles. The minimum absolute atomic E-state index is 0.141. The standard InChI is InChI=1S/C9H17FO2/c1-6-9(5,10)7(11)12-8(2,3)4/h6H2,1-5H3. The monoisotopic (exact) mass is 176 g/mol. The molecule has 0 heterocycles. The van der Waals surface area contributed by atoms with Crippen molar-refractivity contribution in [3.63, 3.8) is 0 Å². The number of halogens is 1. The van der Waals surface area contributed by atoms with E-state index in [0.717, 1.165) is 0 Å². The average molecular weight is 176 g/mol. The number of esters is 1. The fraction of sp³-hybridized carbons (Fsp3) is 0.889. The van der Waals surface area contributed by atoms with Crippen LogP contribution in [0.25, 0.3) is 0 Å². The summed E-state index contributed by atoms with van der Waals surface area (Å²) in [4.78, 5) is 11.1. The van der Waals surface area contributed by atoms with Gasteiger partial charge in [0.25, 0.3) is 0 Å². The molecule has 0 fully saturated rings. The molecule has 72 valence electrons. The summed E-state index contributed by atoms with van der Waals surface area (Å²) in [6.07, 6.45) is 0.141. The SMILES string of the molecule is CCC(C)(F)C(=O)OC(C)(C)C. The average Bonchev–Trinajstić information content (AvgIpc) is 1.84. The van der Waals surface area contributed by atoms with Crippen molar-refractivity contribution in [3.8, 4) is 0 Å². The smallest absolute Gasteiger partial charge is 0.344 e. The summed E-state index contributed by atoms with van der Waals surface area (Å²) >= 11 is 0. The molecule has 0 aliphatic rings. The summed E-state index contributed by atoms with van der Waals surface area (Å²) < 4.78 is 18.1. The van der Waals surface area contributed by atoms with Crippen LogP contribution in [0, 0.1) is 0 Å². The van der Waals surface area contributed by atoms with Crippen LogP contribution in [0.1, 0.15) is 41.0 Å². The number of ether oxygens (including phenoxy) is 1. The maximum absolute atomic E-state index is 13.3. The van der Waals surface area contributed by atoms with E-state index in [9.17, 15) is 9.18 Å². The highest BCUT2D eigenvalue weighted by Crippen LogP contribution is 2.20. The van der Waals surface area contributed by atoms with Gasteiger partial charge in [0, 0.05) is 0 Å². The van der Waals surface area contributed by atoms with E-state index in [2.05, 4.69) is 0 Å². The van der Waals surface area contributed by atoms with E-state index in [0.29, 0.717) is 0 Å². The molecule has 0 aliphatic carbocycles. The summed E-state index contributed by atoms with van der Waals surface area (Å²) in [6.45, 7) is 8.01. The molecule has 0 aliphatic heterocycles. The van der Waals surface area contributed by atoms with Gasteiger partial charge in [0.15, 0.2) is 0 Å². The van der Waals surface area contributed by atoms with Gasteiger partial charge in [-0.3, -0.25) is 0 Å². The Labute approximate surface area is 73.1 Å². The van der Waals surface area contributed by atoms with Crippen molar-refractivity contribution in [2.75, 3.05) is 0 Å². The predicted molar refractivity (Wildman–Crippen MR) is 45.6 cm³/mol. The van der Waals surface area contributed by atoms with E-state index in [1.165, 1.54) is 6.92 Å². The zero-order valence-electron chi connectivity index (χ0n) is 8.40. The van der Waals surface area contributed by atoms with Crippen LogP contribution in [0.5, 0.6) is 0 Å². The molecule has 0 N–H and O–H groups in total. The highest BCUT2D eigenvalue weighted by Gasteiger charge is 2.35. The molecule has 12 heavy (non-hydrogen) atoms. The third-order valence-corrected chi connectivity index (χ3v) is 1.49. The number of rotatable bonds is 2. The van der Waals surface area contributed by atoms with Gasteiger partial charge in [0.2, 0.25) is 5.67 Å². The number of hydrogen-bond acceptors (Lipinski definition) is 2. The summed E-state index contributed by atoms with van der Waals surface area (Å²) in [6, 6.07) is 0. The third kappa shape index (κ3) is 3.69. The number of carbonyl (C=O) groups is 1. The Kier molecular flexibility index (Phi) is 3.25. The van der Waals surface area contributed by atoms with Crippen molar-refractivity contribution in [1.29, 1.82) is 0 Å². The van der Waals surface area contributed by atoms with E-state index >= 15 is 0 Å². The first-order valence-electron chi connectivity index (χ1n) is 4.11. The van der Waals surface area contributed by atoms with Crippen LogP contribution in [-0.4, -0.2) is 17.2 Å². The highest BCUT2D eigenvalue weighted by atomic mass is 19.1.